The number of benzene rings is 1. The van der Waals surface area contributed by atoms with Crippen LogP contribution in [0.3, 0.4) is 0 Å². The molecule has 1 aromatic carbocycles. The van der Waals surface area contributed by atoms with Gasteiger partial charge in [0.2, 0.25) is 0 Å². The summed E-state index contributed by atoms with van der Waals surface area (Å²) in [5.74, 6) is 1.20. The van der Waals surface area contributed by atoms with E-state index in [0.717, 1.165) is 4.47 Å². The highest BCUT2D eigenvalue weighted by Crippen LogP contribution is 2.33. The van der Waals surface area contributed by atoms with Crippen LogP contribution in [-0.4, -0.2) is 13.7 Å². The first-order chi connectivity index (χ1) is 6.72. The second-order valence-electron chi connectivity index (χ2n) is 2.53. The summed E-state index contributed by atoms with van der Waals surface area (Å²) < 4.78 is 11.1. The molecule has 0 radical (unpaired) electrons. The molecule has 0 N–H and O–H groups in total. The molecular weight excluding hydrogens is 246 g/mol. The third-order valence-corrected chi connectivity index (χ3v) is 2.25. The second-order valence-corrected chi connectivity index (χ2v) is 3.39. The van der Waals surface area contributed by atoms with E-state index in [1.54, 1.807) is 19.2 Å². The van der Waals surface area contributed by atoms with Gasteiger partial charge in [0.1, 0.15) is 11.8 Å². The Labute approximate surface area is 91.4 Å². The molecule has 0 aliphatic rings. The molecule has 0 fully saturated rings. The van der Waals surface area contributed by atoms with E-state index in [1.165, 1.54) is 0 Å². The lowest BCUT2D eigenvalue weighted by Crippen LogP contribution is -1.96. The first-order valence-electron chi connectivity index (χ1n) is 4.13. The van der Waals surface area contributed by atoms with Crippen LogP contribution in [0.25, 0.3) is 0 Å². The van der Waals surface area contributed by atoms with E-state index < -0.39 is 0 Å². The molecule has 0 aliphatic heterocycles. The minimum atomic E-state index is 0.470. The predicted molar refractivity (Wildman–Crippen MR) is 56.6 cm³/mol. The number of hydrogen-bond acceptors (Lipinski definition) is 3. The van der Waals surface area contributed by atoms with Crippen LogP contribution in [0, 0.1) is 11.3 Å². The summed E-state index contributed by atoms with van der Waals surface area (Å²) in [5, 5.41) is 8.88. The normalized spacial score (nSPS) is 9.29. The Morgan fingerprint density at radius 2 is 2.21 bits per heavy atom. The first kappa shape index (κ1) is 10.9. The molecule has 1 aromatic rings. The van der Waals surface area contributed by atoms with E-state index in [1.807, 2.05) is 6.92 Å². The van der Waals surface area contributed by atoms with Crippen molar-refractivity contribution >= 4 is 15.9 Å². The van der Waals surface area contributed by atoms with E-state index in [2.05, 4.69) is 22.0 Å². The number of halogens is 1. The summed E-state index contributed by atoms with van der Waals surface area (Å²) in [4.78, 5) is 0. The fourth-order valence-corrected chi connectivity index (χ4v) is 1.61. The van der Waals surface area contributed by atoms with E-state index in [4.69, 9.17) is 14.7 Å². The van der Waals surface area contributed by atoms with Crippen molar-refractivity contribution in [2.24, 2.45) is 0 Å². The van der Waals surface area contributed by atoms with Gasteiger partial charge in [-0.2, -0.15) is 5.26 Å². The van der Waals surface area contributed by atoms with Crippen LogP contribution in [0.4, 0.5) is 0 Å². The molecule has 0 aromatic heterocycles. The lowest BCUT2D eigenvalue weighted by molar-refractivity contribution is 0.335. The predicted octanol–water partition coefficient (Wildman–Crippen LogP) is 2.73. The Bertz CT molecular complexity index is 371. The Morgan fingerprint density at radius 3 is 2.71 bits per heavy atom. The second kappa shape index (κ2) is 4.87. The fourth-order valence-electron chi connectivity index (χ4n) is 1.06. The molecule has 0 unspecified atom stereocenters. The highest BCUT2D eigenvalue weighted by molar-refractivity contribution is 9.10. The maximum atomic E-state index is 8.88. The average Bonchev–Trinajstić information content (AvgIpc) is 2.20. The molecule has 0 saturated carbocycles. The molecule has 14 heavy (non-hydrogen) atoms. The lowest BCUT2D eigenvalue weighted by Gasteiger charge is -2.09. The summed E-state index contributed by atoms with van der Waals surface area (Å²) in [6.45, 7) is 2.40. The molecule has 0 amide bonds. The van der Waals surface area contributed by atoms with Crippen LogP contribution in [0.2, 0.25) is 0 Å². The van der Waals surface area contributed by atoms with Crippen molar-refractivity contribution in [3.8, 4) is 17.6 Å². The summed E-state index contributed by atoms with van der Waals surface area (Å²) in [5.41, 5.74) is 0.470. The Morgan fingerprint density at radius 1 is 1.50 bits per heavy atom. The molecule has 3 nitrogen and oxygen atoms in total. The molecule has 4 heteroatoms. The van der Waals surface area contributed by atoms with E-state index >= 15 is 0 Å². The van der Waals surface area contributed by atoms with Crippen molar-refractivity contribution in [1.82, 2.24) is 0 Å². The van der Waals surface area contributed by atoms with Gasteiger partial charge in [-0.3, -0.25) is 0 Å². The number of nitriles is 1. The Hall–Kier alpha value is -1.21. The van der Waals surface area contributed by atoms with Gasteiger partial charge in [0.05, 0.1) is 23.8 Å². The molecule has 74 valence electrons. The van der Waals surface area contributed by atoms with Crippen molar-refractivity contribution in [1.29, 1.82) is 5.26 Å². The van der Waals surface area contributed by atoms with Crippen LogP contribution in [0.1, 0.15) is 12.5 Å². The van der Waals surface area contributed by atoms with Crippen molar-refractivity contribution in [2.75, 3.05) is 13.7 Å². The molecule has 0 bridgehead atoms. The standard InChI is InChI=1S/C10H10BrNO2/c1-3-14-10-7(6-12)4-8(13-2)5-9(10)11/h4-5H,3H2,1-2H3. The zero-order valence-electron chi connectivity index (χ0n) is 8.00. The van der Waals surface area contributed by atoms with Gasteiger partial charge in [0.25, 0.3) is 0 Å². The Kier molecular flexibility index (Phi) is 3.78. The Balaban J connectivity index is 3.22. The van der Waals surface area contributed by atoms with E-state index in [9.17, 15) is 0 Å². The molecule has 1 rings (SSSR count). The number of ether oxygens (including phenoxy) is 2. The average molecular weight is 256 g/mol. The molecule has 0 aliphatic carbocycles. The van der Waals surface area contributed by atoms with E-state index in [0.29, 0.717) is 23.7 Å². The largest absolute Gasteiger partial charge is 0.497 e. The topological polar surface area (TPSA) is 42.2 Å². The monoisotopic (exact) mass is 255 g/mol. The van der Waals surface area contributed by atoms with E-state index in [-0.39, 0.29) is 0 Å². The minimum absolute atomic E-state index is 0.470. The van der Waals surface area contributed by atoms with Crippen molar-refractivity contribution in [3.63, 3.8) is 0 Å². The van der Waals surface area contributed by atoms with Gasteiger partial charge in [-0.15, -0.1) is 0 Å². The SMILES string of the molecule is CCOc1c(Br)cc(OC)cc1C#N. The highest BCUT2D eigenvalue weighted by atomic mass is 79.9. The van der Waals surface area contributed by atoms with Gasteiger partial charge in [-0.05, 0) is 28.9 Å². The maximum absolute atomic E-state index is 8.88. The maximum Gasteiger partial charge on any atom is 0.151 e. The van der Waals surface area contributed by atoms with Crippen LogP contribution in [0.5, 0.6) is 11.5 Å². The first-order valence-corrected chi connectivity index (χ1v) is 4.92. The highest BCUT2D eigenvalue weighted by Gasteiger charge is 2.10. The molecule has 0 spiro atoms. The van der Waals surface area contributed by atoms with Gasteiger partial charge >= 0.3 is 0 Å². The van der Waals surface area contributed by atoms with Gasteiger partial charge in [-0.1, -0.05) is 0 Å². The number of nitrogens with zero attached hydrogens (tertiary/aromatic N) is 1. The van der Waals surface area contributed by atoms with Crippen LogP contribution < -0.4 is 9.47 Å². The summed E-state index contributed by atoms with van der Waals surface area (Å²) in [6, 6.07) is 5.48. The van der Waals surface area contributed by atoms with Crippen molar-refractivity contribution < 1.29 is 9.47 Å². The lowest BCUT2D eigenvalue weighted by atomic mass is 10.2. The van der Waals surface area contributed by atoms with Gasteiger partial charge < -0.3 is 9.47 Å². The van der Waals surface area contributed by atoms with Crippen LogP contribution in [-0.2, 0) is 0 Å². The van der Waals surface area contributed by atoms with Crippen molar-refractivity contribution in [3.05, 3.63) is 22.2 Å². The number of rotatable bonds is 3. The summed E-state index contributed by atoms with van der Waals surface area (Å²) in [6.07, 6.45) is 0. The van der Waals surface area contributed by atoms with Crippen LogP contribution in [0.15, 0.2) is 16.6 Å². The molecular formula is C10H10BrNO2. The zero-order valence-corrected chi connectivity index (χ0v) is 9.59. The van der Waals surface area contributed by atoms with Gasteiger partial charge in [0, 0.05) is 6.07 Å². The van der Waals surface area contributed by atoms with Crippen molar-refractivity contribution in [2.45, 2.75) is 6.92 Å². The number of methoxy groups -OCH3 is 1. The molecule has 0 saturated heterocycles. The minimum Gasteiger partial charge on any atom is -0.497 e. The molecule has 0 heterocycles. The third-order valence-electron chi connectivity index (χ3n) is 1.66. The van der Waals surface area contributed by atoms with Gasteiger partial charge in [-0.25, -0.2) is 0 Å². The molecule has 0 atom stereocenters. The van der Waals surface area contributed by atoms with Crippen LogP contribution >= 0.6 is 15.9 Å². The quantitative estimate of drug-likeness (QED) is 0.834. The summed E-state index contributed by atoms with van der Waals surface area (Å²) >= 11 is 3.32. The number of hydrogen-bond donors (Lipinski definition) is 0. The smallest absolute Gasteiger partial charge is 0.151 e. The summed E-state index contributed by atoms with van der Waals surface area (Å²) in [7, 11) is 1.56. The third kappa shape index (κ3) is 2.18. The zero-order chi connectivity index (χ0) is 10.6. The fraction of sp³-hybridized carbons (Fsp3) is 0.300. The van der Waals surface area contributed by atoms with Gasteiger partial charge in [0.15, 0.2) is 5.75 Å².